The van der Waals surface area contributed by atoms with Crippen molar-refractivity contribution < 1.29 is 0 Å². The van der Waals surface area contributed by atoms with Gasteiger partial charge in [-0.2, -0.15) is 0 Å². The van der Waals surface area contributed by atoms with Crippen molar-refractivity contribution in [2.45, 2.75) is 85.0 Å². The molecule has 2 saturated carbocycles. The Morgan fingerprint density at radius 1 is 1.00 bits per heavy atom. The molecule has 106 valence electrons. The fraction of sp³-hybridized carbons (Fsp3) is 1.00. The van der Waals surface area contributed by atoms with Gasteiger partial charge in [0.25, 0.3) is 0 Å². The van der Waals surface area contributed by atoms with E-state index in [4.69, 9.17) is 0 Å². The van der Waals surface area contributed by atoms with Gasteiger partial charge in [0.1, 0.15) is 0 Å². The van der Waals surface area contributed by atoms with Gasteiger partial charge in [-0.3, -0.25) is 0 Å². The second-order valence-corrected chi connectivity index (χ2v) is 7.14. The molecule has 0 saturated heterocycles. The SMILES string of the molecule is CCCCC1C(C(C)CC)CCC2CCCCC21. The van der Waals surface area contributed by atoms with Crippen LogP contribution < -0.4 is 0 Å². The van der Waals surface area contributed by atoms with Crippen molar-refractivity contribution in [2.24, 2.45) is 29.6 Å². The number of rotatable bonds is 5. The lowest BCUT2D eigenvalue weighted by atomic mass is 9.58. The normalized spacial score (nSPS) is 38.2. The summed E-state index contributed by atoms with van der Waals surface area (Å²) in [6.45, 7) is 7.28. The van der Waals surface area contributed by atoms with Crippen LogP contribution in [0.25, 0.3) is 0 Å². The Morgan fingerprint density at radius 3 is 2.50 bits per heavy atom. The number of fused-ring (bicyclic) bond motifs is 1. The maximum atomic E-state index is 2.52. The van der Waals surface area contributed by atoms with Crippen molar-refractivity contribution >= 4 is 0 Å². The monoisotopic (exact) mass is 250 g/mol. The summed E-state index contributed by atoms with van der Waals surface area (Å²) >= 11 is 0. The fourth-order valence-electron chi connectivity index (χ4n) is 4.97. The van der Waals surface area contributed by atoms with E-state index in [2.05, 4.69) is 20.8 Å². The molecule has 2 rings (SSSR count). The minimum atomic E-state index is 0.967. The van der Waals surface area contributed by atoms with E-state index in [-0.39, 0.29) is 0 Å². The molecule has 0 aliphatic heterocycles. The molecular formula is C18H34. The molecule has 0 heteroatoms. The first-order chi connectivity index (χ1) is 8.77. The molecule has 2 fully saturated rings. The lowest BCUT2D eigenvalue weighted by Crippen LogP contribution is -2.39. The third-order valence-electron chi connectivity index (χ3n) is 6.20. The first-order valence-electron chi connectivity index (χ1n) is 8.77. The predicted molar refractivity (Wildman–Crippen MR) is 80.6 cm³/mol. The van der Waals surface area contributed by atoms with Gasteiger partial charge in [0.05, 0.1) is 0 Å². The average molecular weight is 250 g/mol. The maximum absolute atomic E-state index is 2.52. The zero-order chi connectivity index (χ0) is 13.0. The van der Waals surface area contributed by atoms with E-state index in [1.807, 2.05) is 0 Å². The second-order valence-electron chi connectivity index (χ2n) is 7.14. The summed E-state index contributed by atoms with van der Waals surface area (Å²) in [4.78, 5) is 0. The van der Waals surface area contributed by atoms with Crippen LogP contribution >= 0.6 is 0 Å². The maximum Gasteiger partial charge on any atom is -0.0352 e. The van der Waals surface area contributed by atoms with Gasteiger partial charge in [-0.1, -0.05) is 59.3 Å². The molecule has 0 amide bonds. The Hall–Kier alpha value is 0. The van der Waals surface area contributed by atoms with E-state index >= 15 is 0 Å². The zero-order valence-corrected chi connectivity index (χ0v) is 13.0. The molecule has 18 heavy (non-hydrogen) atoms. The van der Waals surface area contributed by atoms with Crippen LogP contribution in [0.1, 0.15) is 85.0 Å². The van der Waals surface area contributed by atoms with E-state index in [1.165, 1.54) is 38.5 Å². The van der Waals surface area contributed by atoms with Gasteiger partial charge in [0.2, 0.25) is 0 Å². The smallest absolute Gasteiger partial charge is 0.0352 e. The Morgan fingerprint density at radius 2 is 1.78 bits per heavy atom. The molecule has 2 aliphatic rings. The van der Waals surface area contributed by atoms with Crippen molar-refractivity contribution in [1.82, 2.24) is 0 Å². The topological polar surface area (TPSA) is 0 Å². The molecule has 0 bridgehead atoms. The van der Waals surface area contributed by atoms with Gasteiger partial charge < -0.3 is 0 Å². The summed E-state index contributed by atoms with van der Waals surface area (Å²) < 4.78 is 0. The summed E-state index contributed by atoms with van der Waals surface area (Å²) in [5.74, 6) is 5.33. The molecule has 0 nitrogen and oxygen atoms in total. The molecule has 5 unspecified atom stereocenters. The number of hydrogen-bond donors (Lipinski definition) is 0. The zero-order valence-electron chi connectivity index (χ0n) is 13.0. The highest BCUT2D eigenvalue weighted by atomic mass is 14.5. The van der Waals surface area contributed by atoms with E-state index < -0.39 is 0 Å². The molecule has 0 heterocycles. The van der Waals surface area contributed by atoms with Crippen LogP contribution in [-0.2, 0) is 0 Å². The van der Waals surface area contributed by atoms with Crippen molar-refractivity contribution in [3.05, 3.63) is 0 Å². The van der Waals surface area contributed by atoms with Gasteiger partial charge in [0.15, 0.2) is 0 Å². The Labute approximate surface area is 115 Å². The number of hydrogen-bond acceptors (Lipinski definition) is 0. The van der Waals surface area contributed by atoms with Crippen molar-refractivity contribution in [1.29, 1.82) is 0 Å². The molecular weight excluding hydrogens is 216 g/mol. The highest BCUT2D eigenvalue weighted by Crippen LogP contribution is 2.50. The van der Waals surface area contributed by atoms with Crippen molar-refractivity contribution in [3.8, 4) is 0 Å². The van der Waals surface area contributed by atoms with Gasteiger partial charge in [-0.15, -0.1) is 0 Å². The third-order valence-corrected chi connectivity index (χ3v) is 6.20. The van der Waals surface area contributed by atoms with Crippen LogP contribution in [0.3, 0.4) is 0 Å². The lowest BCUT2D eigenvalue weighted by molar-refractivity contribution is 0.0224. The van der Waals surface area contributed by atoms with Crippen molar-refractivity contribution in [3.63, 3.8) is 0 Å². The Kier molecular flexibility index (Phi) is 5.57. The molecule has 0 radical (unpaired) electrons. The standard InChI is InChI=1S/C18H34/c1-4-6-10-18-16(14(3)5-2)13-12-15-9-7-8-11-17(15)18/h14-18H,4-13H2,1-3H3. The van der Waals surface area contributed by atoms with Crippen LogP contribution in [0, 0.1) is 29.6 Å². The third kappa shape index (κ3) is 3.11. The molecule has 2 aliphatic carbocycles. The Bertz CT molecular complexity index is 230. The molecule has 0 aromatic carbocycles. The van der Waals surface area contributed by atoms with E-state index in [0.717, 1.165) is 29.6 Å². The largest absolute Gasteiger partial charge is 0.0654 e. The summed E-state index contributed by atoms with van der Waals surface area (Å²) in [7, 11) is 0. The highest BCUT2D eigenvalue weighted by molar-refractivity contribution is 4.90. The average Bonchev–Trinajstić information content (AvgIpc) is 2.43. The summed E-state index contributed by atoms with van der Waals surface area (Å²) in [6.07, 6.45) is 15.1. The van der Waals surface area contributed by atoms with Crippen LogP contribution in [0.2, 0.25) is 0 Å². The molecule has 0 aromatic heterocycles. The van der Waals surface area contributed by atoms with E-state index in [9.17, 15) is 0 Å². The lowest BCUT2D eigenvalue weighted by Gasteiger charge is -2.48. The first kappa shape index (κ1) is 14.4. The fourth-order valence-corrected chi connectivity index (χ4v) is 4.97. The van der Waals surface area contributed by atoms with Gasteiger partial charge in [-0.05, 0) is 55.3 Å². The predicted octanol–water partition coefficient (Wildman–Crippen LogP) is 6.06. The van der Waals surface area contributed by atoms with Gasteiger partial charge in [-0.25, -0.2) is 0 Å². The molecule has 0 N–H and O–H groups in total. The number of unbranched alkanes of at least 4 members (excludes halogenated alkanes) is 1. The highest BCUT2D eigenvalue weighted by Gasteiger charge is 2.40. The van der Waals surface area contributed by atoms with Crippen LogP contribution in [0.5, 0.6) is 0 Å². The Balaban J connectivity index is 2.05. The van der Waals surface area contributed by atoms with E-state index in [0.29, 0.717) is 0 Å². The van der Waals surface area contributed by atoms with Gasteiger partial charge >= 0.3 is 0 Å². The quantitative estimate of drug-likeness (QED) is 0.556. The summed E-state index contributed by atoms with van der Waals surface area (Å²) in [5.41, 5.74) is 0. The van der Waals surface area contributed by atoms with E-state index in [1.54, 1.807) is 25.7 Å². The summed E-state index contributed by atoms with van der Waals surface area (Å²) in [5, 5.41) is 0. The minimum Gasteiger partial charge on any atom is -0.0654 e. The van der Waals surface area contributed by atoms with Gasteiger partial charge in [0, 0.05) is 0 Å². The van der Waals surface area contributed by atoms with Crippen LogP contribution in [0.4, 0.5) is 0 Å². The molecule has 0 spiro atoms. The first-order valence-corrected chi connectivity index (χ1v) is 8.77. The minimum absolute atomic E-state index is 0.967. The molecule has 0 aromatic rings. The second kappa shape index (κ2) is 6.96. The van der Waals surface area contributed by atoms with Crippen LogP contribution in [0.15, 0.2) is 0 Å². The molecule has 5 atom stereocenters. The van der Waals surface area contributed by atoms with Crippen molar-refractivity contribution in [2.75, 3.05) is 0 Å². The summed E-state index contributed by atoms with van der Waals surface area (Å²) in [6, 6.07) is 0. The van der Waals surface area contributed by atoms with Crippen LogP contribution in [-0.4, -0.2) is 0 Å².